The number of thiocarbonyl (C=S) groups is 1. The molecule has 1 heterocycles. The maximum absolute atomic E-state index is 13.6. The van der Waals surface area contributed by atoms with Crippen LogP contribution in [0.3, 0.4) is 0 Å². The Morgan fingerprint density at radius 1 is 1.17 bits per heavy atom. The first-order valence-corrected chi connectivity index (χ1v) is 10.5. The molecule has 29 heavy (non-hydrogen) atoms. The molecule has 1 aliphatic heterocycles. The summed E-state index contributed by atoms with van der Waals surface area (Å²) in [5.74, 6) is 1.00. The van der Waals surface area contributed by atoms with Gasteiger partial charge in [0.25, 0.3) is 5.91 Å². The van der Waals surface area contributed by atoms with Gasteiger partial charge in [0.1, 0.15) is 5.82 Å². The molecular formula is C22H22FNO3S2. The van der Waals surface area contributed by atoms with Crippen molar-refractivity contribution < 1.29 is 18.7 Å². The molecule has 4 nitrogen and oxygen atoms in total. The molecule has 7 heteroatoms. The summed E-state index contributed by atoms with van der Waals surface area (Å²) in [4.78, 5) is 14.7. The molecule has 1 amide bonds. The van der Waals surface area contributed by atoms with Gasteiger partial charge in [-0.05, 0) is 54.8 Å². The van der Waals surface area contributed by atoms with Gasteiger partial charge in [0.05, 0.1) is 23.8 Å². The molecule has 0 unspecified atom stereocenters. The Morgan fingerprint density at radius 3 is 2.66 bits per heavy atom. The quantitative estimate of drug-likeness (QED) is 0.417. The number of hydrogen-bond donors (Lipinski definition) is 0. The summed E-state index contributed by atoms with van der Waals surface area (Å²) >= 11 is 6.53. The lowest BCUT2D eigenvalue weighted by molar-refractivity contribution is -0.113. The number of nitrogens with zero attached hydrogens (tertiary/aromatic N) is 1. The molecule has 0 atom stereocenters. The van der Waals surface area contributed by atoms with Gasteiger partial charge in [-0.3, -0.25) is 9.69 Å². The summed E-state index contributed by atoms with van der Waals surface area (Å²) in [6, 6.07) is 11.4. The molecule has 0 bridgehead atoms. The van der Waals surface area contributed by atoms with Crippen molar-refractivity contribution in [1.82, 2.24) is 0 Å². The topological polar surface area (TPSA) is 38.8 Å². The smallest absolute Gasteiger partial charge is 0.270 e. The summed E-state index contributed by atoms with van der Waals surface area (Å²) in [5.41, 5.74) is 1.22. The average molecular weight is 432 g/mol. The summed E-state index contributed by atoms with van der Waals surface area (Å²) in [6.45, 7) is 7.16. The van der Waals surface area contributed by atoms with Crippen LogP contribution in [0.5, 0.6) is 11.5 Å². The van der Waals surface area contributed by atoms with Crippen molar-refractivity contribution in [2.75, 3.05) is 18.1 Å². The first-order valence-electron chi connectivity index (χ1n) is 9.32. The first kappa shape index (κ1) is 21.3. The Hall–Kier alpha value is -2.38. The Morgan fingerprint density at radius 2 is 1.97 bits per heavy atom. The third kappa shape index (κ3) is 5.16. The molecule has 1 fully saturated rings. The van der Waals surface area contributed by atoms with Crippen molar-refractivity contribution in [1.29, 1.82) is 0 Å². The predicted molar refractivity (Wildman–Crippen MR) is 120 cm³/mol. The lowest BCUT2D eigenvalue weighted by Gasteiger charge is -2.14. The van der Waals surface area contributed by atoms with E-state index in [9.17, 15) is 9.18 Å². The summed E-state index contributed by atoms with van der Waals surface area (Å²) in [6.07, 6.45) is 1.76. The summed E-state index contributed by atoms with van der Waals surface area (Å²) < 4.78 is 25.4. The van der Waals surface area contributed by atoms with Crippen LogP contribution in [0.2, 0.25) is 0 Å². The SMILES string of the molecule is CCOc1cc(/C=C2/SC(=S)N(c3cccc(F)c3)C2=O)ccc1OCC(C)C. The minimum atomic E-state index is -0.418. The van der Waals surface area contributed by atoms with E-state index in [-0.39, 0.29) is 5.91 Å². The van der Waals surface area contributed by atoms with Gasteiger partial charge in [-0.15, -0.1) is 0 Å². The van der Waals surface area contributed by atoms with Crippen molar-refractivity contribution in [3.8, 4) is 11.5 Å². The van der Waals surface area contributed by atoms with Crippen molar-refractivity contribution in [3.05, 3.63) is 58.8 Å². The van der Waals surface area contributed by atoms with Gasteiger partial charge in [0.15, 0.2) is 15.8 Å². The van der Waals surface area contributed by atoms with E-state index >= 15 is 0 Å². The van der Waals surface area contributed by atoms with Crippen LogP contribution >= 0.6 is 24.0 Å². The van der Waals surface area contributed by atoms with E-state index in [0.717, 1.165) is 5.56 Å². The number of benzene rings is 2. The van der Waals surface area contributed by atoms with Gasteiger partial charge in [0.2, 0.25) is 0 Å². The molecule has 0 saturated carbocycles. The van der Waals surface area contributed by atoms with Crippen molar-refractivity contribution in [2.24, 2.45) is 5.92 Å². The van der Waals surface area contributed by atoms with E-state index < -0.39 is 5.82 Å². The molecule has 2 aromatic carbocycles. The van der Waals surface area contributed by atoms with Crippen LogP contribution in [0.1, 0.15) is 26.3 Å². The van der Waals surface area contributed by atoms with E-state index in [1.54, 1.807) is 18.2 Å². The number of rotatable bonds is 7. The third-order valence-corrected chi connectivity index (χ3v) is 5.30. The minimum Gasteiger partial charge on any atom is -0.490 e. The molecule has 1 saturated heterocycles. The maximum atomic E-state index is 13.6. The monoisotopic (exact) mass is 431 g/mol. The number of halogens is 1. The van der Waals surface area contributed by atoms with Crippen LogP contribution in [-0.2, 0) is 4.79 Å². The molecule has 0 radical (unpaired) electrons. The number of anilines is 1. The molecule has 152 valence electrons. The van der Waals surface area contributed by atoms with Gasteiger partial charge in [-0.1, -0.05) is 50.0 Å². The molecular weight excluding hydrogens is 409 g/mol. The summed E-state index contributed by atoms with van der Waals surface area (Å²) in [5, 5.41) is 0. The maximum Gasteiger partial charge on any atom is 0.270 e. The molecule has 1 aliphatic rings. The van der Waals surface area contributed by atoms with E-state index in [4.69, 9.17) is 21.7 Å². The van der Waals surface area contributed by atoms with E-state index in [1.807, 2.05) is 25.1 Å². The van der Waals surface area contributed by atoms with Crippen LogP contribution in [-0.4, -0.2) is 23.4 Å². The first-order chi connectivity index (χ1) is 13.9. The van der Waals surface area contributed by atoms with Gasteiger partial charge in [-0.2, -0.15) is 0 Å². The number of hydrogen-bond acceptors (Lipinski definition) is 5. The lowest BCUT2D eigenvalue weighted by Crippen LogP contribution is -2.27. The fraction of sp³-hybridized carbons (Fsp3) is 0.273. The van der Waals surface area contributed by atoms with E-state index in [1.165, 1.54) is 28.8 Å². The average Bonchev–Trinajstić information content (AvgIpc) is 2.94. The van der Waals surface area contributed by atoms with Gasteiger partial charge < -0.3 is 9.47 Å². The van der Waals surface area contributed by atoms with Gasteiger partial charge >= 0.3 is 0 Å². The Balaban J connectivity index is 1.86. The van der Waals surface area contributed by atoms with Crippen LogP contribution < -0.4 is 14.4 Å². The second kappa shape index (κ2) is 9.41. The molecule has 0 aliphatic carbocycles. The zero-order valence-electron chi connectivity index (χ0n) is 16.5. The largest absolute Gasteiger partial charge is 0.490 e. The standard InChI is InChI=1S/C22H22FNO3S2/c1-4-26-19-10-15(8-9-18(19)27-13-14(2)3)11-20-21(25)24(22(28)29-20)17-7-5-6-16(23)12-17/h5-12,14H,4,13H2,1-3H3/b20-11+. The minimum absolute atomic E-state index is 0.274. The Labute approximate surface area is 179 Å². The molecule has 0 spiro atoms. The van der Waals surface area contributed by atoms with Crippen LogP contribution in [0.25, 0.3) is 6.08 Å². The predicted octanol–water partition coefficient (Wildman–Crippen LogP) is 5.67. The van der Waals surface area contributed by atoms with Crippen LogP contribution in [0.4, 0.5) is 10.1 Å². The summed E-state index contributed by atoms with van der Waals surface area (Å²) in [7, 11) is 0. The second-order valence-corrected chi connectivity index (χ2v) is 8.52. The number of carbonyl (C=O) groups excluding carboxylic acids is 1. The van der Waals surface area contributed by atoms with E-state index in [2.05, 4.69) is 13.8 Å². The highest BCUT2D eigenvalue weighted by Gasteiger charge is 2.33. The zero-order valence-corrected chi connectivity index (χ0v) is 18.1. The Bertz CT molecular complexity index is 959. The fourth-order valence-corrected chi connectivity index (χ4v) is 4.01. The van der Waals surface area contributed by atoms with Crippen molar-refractivity contribution >= 4 is 46.0 Å². The molecule has 0 N–H and O–H groups in total. The van der Waals surface area contributed by atoms with E-state index in [0.29, 0.717) is 45.5 Å². The van der Waals surface area contributed by atoms with Crippen molar-refractivity contribution in [3.63, 3.8) is 0 Å². The van der Waals surface area contributed by atoms with Gasteiger partial charge in [0, 0.05) is 0 Å². The zero-order chi connectivity index (χ0) is 21.0. The number of carbonyl (C=O) groups is 1. The fourth-order valence-electron chi connectivity index (χ4n) is 2.72. The molecule has 0 aromatic heterocycles. The molecule has 2 aromatic rings. The lowest BCUT2D eigenvalue weighted by atomic mass is 10.1. The second-order valence-electron chi connectivity index (χ2n) is 6.84. The van der Waals surface area contributed by atoms with Crippen LogP contribution in [0, 0.1) is 11.7 Å². The number of thioether (sulfide) groups is 1. The highest BCUT2D eigenvalue weighted by Crippen LogP contribution is 2.37. The third-order valence-electron chi connectivity index (χ3n) is 4.00. The van der Waals surface area contributed by atoms with Gasteiger partial charge in [-0.25, -0.2) is 4.39 Å². The number of ether oxygens (including phenoxy) is 2. The Kier molecular flexibility index (Phi) is 6.92. The highest BCUT2D eigenvalue weighted by atomic mass is 32.2. The molecule has 3 rings (SSSR count). The normalized spacial score (nSPS) is 15.5. The van der Waals surface area contributed by atoms with Crippen molar-refractivity contribution in [2.45, 2.75) is 20.8 Å². The highest BCUT2D eigenvalue weighted by molar-refractivity contribution is 8.27. The van der Waals surface area contributed by atoms with Crippen LogP contribution in [0.15, 0.2) is 47.4 Å². The number of amides is 1.